The van der Waals surface area contributed by atoms with Crippen LogP contribution < -0.4 is 14.7 Å². The predicted octanol–water partition coefficient (Wildman–Crippen LogP) is 3.69. The molecule has 2 fully saturated rings. The number of carbonyl (C=O) groups excluding carboxylic acids is 2. The molecule has 5 heteroatoms. The van der Waals surface area contributed by atoms with Gasteiger partial charge in [0.05, 0.1) is 5.92 Å². The highest BCUT2D eigenvalue weighted by molar-refractivity contribution is 6.04. The number of hydrogen-bond donors (Lipinski definition) is 0. The van der Waals surface area contributed by atoms with Gasteiger partial charge in [0.1, 0.15) is 0 Å². The maximum absolute atomic E-state index is 12.9. The first-order valence-electron chi connectivity index (χ1n) is 10.1. The molecule has 2 aliphatic heterocycles. The van der Waals surface area contributed by atoms with Crippen molar-refractivity contribution in [3.05, 3.63) is 54.6 Å². The molecule has 2 aromatic carbocycles. The molecule has 1 atom stereocenters. The number of piperidine rings is 1. The number of amides is 2. The summed E-state index contributed by atoms with van der Waals surface area (Å²) in [5.74, 6) is -0.294. The molecule has 0 N–H and O–H groups in total. The Bertz CT molecular complexity index is 829. The van der Waals surface area contributed by atoms with Gasteiger partial charge in [0, 0.05) is 50.2 Å². The van der Waals surface area contributed by atoms with Crippen molar-refractivity contribution in [3.63, 3.8) is 0 Å². The Kier molecular flexibility index (Phi) is 5.33. The lowest BCUT2D eigenvalue weighted by molar-refractivity contribution is -0.124. The number of benzene rings is 2. The predicted molar refractivity (Wildman–Crippen MR) is 113 cm³/mol. The third-order valence-corrected chi connectivity index (χ3v) is 5.83. The smallest absolute Gasteiger partial charge is 0.232 e. The zero-order valence-electron chi connectivity index (χ0n) is 16.4. The summed E-state index contributed by atoms with van der Waals surface area (Å²) in [4.78, 5) is 31.3. The van der Waals surface area contributed by atoms with E-state index in [0.29, 0.717) is 6.54 Å². The van der Waals surface area contributed by atoms with Crippen molar-refractivity contribution in [1.82, 2.24) is 0 Å². The standard InChI is InChI=1S/C23H27N3O2/c1-24(19-8-4-2-5-9-19)23(28)18-16-22(27)26(17-18)21-12-10-20(11-13-21)25-14-6-3-7-15-25/h2,4-5,8-13,18H,3,6-7,14-17H2,1H3. The minimum Gasteiger partial charge on any atom is -0.372 e. The molecule has 2 saturated heterocycles. The Balaban J connectivity index is 1.43. The van der Waals surface area contributed by atoms with Gasteiger partial charge in [-0.15, -0.1) is 0 Å². The second-order valence-corrected chi connectivity index (χ2v) is 7.70. The van der Waals surface area contributed by atoms with Gasteiger partial charge in [-0.25, -0.2) is 0 Å². The van der Waals surface area contributed by atoms with Crippen LogP contribution in [0.25, 0.3) is 0 Å². The summed E-state index contributed by atoms with van der Waals surface area (Å²) in [6.07, 6.45) is 4.06. The lowest BCUT2D eigenvalue weighted by atomic mass is 10.1. The lowest BCUT2D eigenvalue weighted by Gasteiger charge is -2.29. The fourth-order valence-corrected chi connectivity index (χ4v) is 4.17. The van der Waals surface area contributed by atoms with Gasteiger partial charge in [-0.05, 0) is 55.7 Å². The van der Waals surface area contributed by atoms with E-state index < -0.39 is 0 Å². The molecule has 0 aromatic heterocycles. The van der Waals surface area contributed by atoms with Gasteiger partial charge in [-0.1, -0.05) is 18.2 Å². The van der Waals surface area contributed by atoms with E-state index in [9.17, 15) is 9.59 Å². The Morgan fingerprint density at radius 1 is 0.929 bits per heavy atom. The number of hydrogen-bond acceptors (Lipinski definition) is 3. The van der Waals surface area contributed by atoms with E-state index in [0.717, 1.165) is 24.5 Å². The summed E-state index contributed by atoms with van der Waals surface area (Å²) >= 11 is 0. The van der Waals surface area contributed by atoms with Crippen molar-refractivity contribution in [1.29, 1.82) is 0 Å². The SMILES string of the molecule is CN(C(=O)C1CC(=O)N(c2ccc(N3CCCCC3)cc2)C1)c1ccccc1. The average Bonchev–Trinajstić information content (AvgIpc) is 3.15. The monoisotopic (exact) mass is 377 g/mol. The van der Waals surface area contributed by atoms with E-state index in [1.165, 1.54) is 24.9 Å². The van der Waals surface area contributed by atoms with Crippen LogP contribution in [-0.4, -0.2) is 38.5 Å². The minimum atomic E-state index is -0.306. The summed E-state index contributed by atoms with van der Waals surface area (Å²) in [5.41, 5.74) is 2.94. The molecule has 0 radical (unpaired) electrons. The van der Waals surface area contributed by atoms with Gasteiger partial charge < -0.3 is 14.7 Å². The number of nitrogens with zero attached hydrogens (tertiary/aromatic N) is 3. The fourth-order valence-electron chi connectivity index (χ4n) is 4.17. The van der Waals surface area contributed by atoms with Crippen molar-refractivity contribution in [2.45, 2.75) is 25.7 Å². The van der Waals surface area contributed by atoms with Crippen LogP contribution in [0.15, 0.2) is 54.6 Å². The van der Waals surface area contributed by atoms with E-state index in [1.807, 2.05) is 42.5 Å². The minimum absolute atomic E-state index is 0.00742. The first-order chi connectivity index (χ1) is 13.6. The van der Waals surface area contributed by atoms with E-state index >= 15 is 0 Å². The van der Waals surface area contributed by atoms with Gasteiger partial charge in [-0.2, -0.15) is 0 Å². The van der Waals surface area contributed by atoms with Crippen molar-refractivity contribution >= 4 is 28.9 Å². The molecule has 1 unspecified atom stereocenters. The number of anilines is 3. The Morgan fingerprint density at radius 3 is 2.25 bits per heavy atom. The van der Waals surface area contributed by atoms with Crippen LogP contribution >= 0.6 is 0 Å². The largest absolute Gasteiger partial charge is 0.372 e. The van der Waals surface area contributed by atoms with Crippen LogP contribution in [0, 0.1) is 5.92 Å². The molecular weight excluding hydrogens is 350 g/mol. The van der Waals surface area contributed by atoms with Crippen molar-refractivity contribution in [2.24, 2.45) is 5.92 Å². The quantitative estimate of drug-likeness (QED) is 0.816. The second-order valence-electron chi connectivity index (χ2n) is 7.70. The summed E-state index contributed by atoms with van der Waals surface area (Å²) in [7, 11) is 1.78. The highest BCUT2D eigenvalue weighted by Gasteiger charge is 2.36. The van der Waals surface area contributed by atoms with E-state index in [-0.39, 0.29) is 24.2 Å². The molecule has 0 aliphatic carbocycles. The highest BCUT2D eigenvalue weighted by atomic mass is 16.2. The maximum Gasteiger partial charge on any atom is 0.232 e. The summed E-state index contributed by atoms with van der Waals surface area (Å²) < 4.78 is 0. The van der Waals surface area contributed by atoms with Crippen LogP contribution in [0.2, 0.25) is 0 Å². The third kappa shape index (κ3) is 3.75. The molecule has 2 aromatic rings. The Morgan fingerprint density at radius 2 is 1.57 bits per heavy atom. The zero-order chi connectivity index (χ0) is 19.5. The Hall–Kier alpha value is -2.82. The molecule has 0 bridgehead atoms. The van der Waals surface area contributed by atoms with E-state index in [1.54, 1.807) is 16.8 Å². The third-order valence-electron chi connectivity index (χ3n) is 5.83. The van der Waals surface area contributed by atoms with Gasteiger partial charge in [0.25, 0.3) is 0 Å². The zero-order valence-corrected chi connectivity index (χ0v) is 16.4. The summed E-state index contributed by atoms with van der Waals surface area (Å²) in [6.45, 7) is 2.65. The second kappa shape index (κ2) is 8.05. The van der Waals surface area contributed by atoms with Gasteiger partial charge in [0.2, 0.25) is 11.8 Å². The van der Waals surface area contributed by atoms with Crippen LogP contribution in [0.4, 0.5) is 17.1 Å². The maximum atomic E-state index is 12.9. The van der Waals surface area contributed by atoms with Crippen molar-refractivity contribution < 1.29 is 9.59 Å². The summed E-state index contributed by atoms with van der Waals surface area (Å²) in [5, 5.41) is 0. The molecule has 28 heavy (non-hydrogen) atoms. The first-order valence-corrected chi connectivity index (χ1v) is 10.1. The number of para-hydroxylation sites is 1. The molecule has 0 spiro atoms. The fraction of sp³-hybridized carbons (Fsp3) is 0.391. The Labute approximate surface area is 166 Å². The molecule has 2 aliphatic rings. The van der Waals surface area contributed by atoms with Crippen LogP contribution in [-0.2, 0) is 9.59 Å². The molecular formula is C23H27N3O2. The van der Waals surface area contributed by atoms with Crippen LogP contribution in [0.1, 0.15) is 25.7 Å². The van der Waals surface area contributed by atoms with Gasteiger partial charge in [-0.3, -0.25) is 9.59 Å². The molecule has 2 amide bonds. The molecule has 5 nitrogen and oxygen atoms in total. The number of carbonyl (C=O) groups is 2. The van der Waals surface area contributed by atoms with Gasteiger partial charge >= 0.3 is 0 Å². The lowest BCUT2D eigenvalue weighted by Crippen LogP contribution is -2.34. The highest BCUT2D eigenvalue weighted by Crippen LogP contribution is 2.29. The first kappa shape index (κ1) is 18.5. The van der Waals surface area contributed by atoms with Crippen LogP contribution in [0.3, 0.4) is 0 Å². The number of rotatable bonds is 4. The van der Waals surface area contributed by atoms with Gasteiger partial charge in [0.15, 0.2) is 0 Å². The topological polar surface area (TPSA) is 43.9 Å². The molecule has 2 heterocycles. The summed E-state index contributed by atoms with van der Waals surface area (Å²) in [6, 6.07) is 17.8. The molecule has 0 saturated carbocycles. The molecule has 4 rings (SSSR count). The molecule has 146 valence electrons. The van der Waals surface area contributed by atoms with E-state index in [2.05, 4.69) is 17.0 Å². The van der Waals surface area contributed by atoms with E-state index in [4.69, 9.17) is 0 Å². The average molecular weight is 377 g/mol. The normalized spacial score (nSPS) is 19.8. The van der Waals surface area contributed by atoms with Crippen molar-refractivity contribution in [2.75, 3.05) is 41.4 Å². The van der Waals surface area contributed by atoms with Crippen LogP contribution in [0.5, 0.6) is 0 Å². The van der Waals surface area contributed by atoms with Crippen molar-refractivity contribution in [3.8, 4) is 0 Å².